The molecule has 0 bridgehead atoms. The van der Waals surface area contributed by atoms with Gasteiger partial charge in [-0.3, -0.25) is 43.2 Å². The number of hydrogen-bond acceptors (Lipinski definition) is 16. The van der Waals surface area contributed by atoms with Gasteiger partial charge in [-0.1, -0.05) is 62.4 Å². The second-order valence-electron chi connectivity index (χ2n) is 18.8. The summed E-state index contributed by atoms with van der Waals surface area (Å²) < 4.78 is 0. The minimum Gasteiger partial charge on any atom is -0.391 e. The Bertz CT molecular complexity index is 2280. The summed E-state index contributed by atoms with van der Waals surface area (Å²) in [6, 6.07) is 5.92. The molecule has 420 valence electrons. The fourth-order valence-electron chi connectivity index (χ4n) is 7.79. The van der Waals surface area contributed by atoms with Gasteiger partial charge in [0.1, 0.15) is 48.3 Å². The monoisotopic (exact) mass is 1080 g/mol. The predicted molar refractivity (Wildman–Crippen MR) is 285 cm³/mol. The van der Waals surface area contributed by atoms with Crippen LogP contribution in [0.4, 0.5) is 5.69 Å². The molecule has 9 amide bonds. The van der Waals surface area contributed by atoms with Crippen molar-refractivity contribution in [2.45, 2.75) is 133 Å². The summed E-state index contributed by atoms with van der Waals surface area (Å²) in [4.78, 5) is 126. The van der Waals surface area contributed by atoms with Gasteiger partial charge >= 0.3 is 0 Å². The number of hydrogen-bond donors (Lipinski definition) is 17. The number of nitrogens with one attached hydrogen (secondary N) is 11. The lowest BCUT2D eigenvalue weighted by atomic mass is 10.00. The molecule has 1 aliphatic heterocycles. The van der Waals surface area contributed by atoms with Crippen LogP contribution in [-0.2, 0) is 49.6 Å². The van der Waals surface area contributed by atoms with E-state index in [-0.39, 0.29) is 75.7 Å². The Morgan fingerprint density at radius 3 is 1.68 bits per heavy atom. The Labute approximate surface area is 447 Å². The average molecular weight is 1080 g/mol. The second-order valence-corrected chi connectivity index (χ2v) is 19.3. The SMILES string of the molecule is CC(C)C[C@@H]1NC(=O)[C@@H](Cc2ccccc2)NC(=O)[C@H](CCN)NC(=O)[C@@H](NC(=O)[C@H](CCN)NC(=O)[C@@H](NC(=S)Nc2ccccc2)[C@@H](C)O)CCNC(=O)[C@](C)(O)NC(=O)[C@H](CCN)NC(=O)[C@H](CCN)NC1=O. The first-order valence-corrected chi connectivity index (χ1v) is 25.5. The molecule has 76 heavy (non-hydrogen) atoms. The summed E-state index contributed by atoms with van der Waals surface area (Å²) in [6.45, 7) is 4.78. The highest BCUT2D eigenvalue weighted by Crippen LogP contribution is 2.12. The summed E-state index contributed by atoms with van der Waals surface area (Å²) in [5, 5.41) is 50.1. The summed E-state index contributed by atoms with van der Waals surface area (Å²) in [5.41, 5.74) is 21.9. The Balaban J connectivity index is 2.08. The first-order valence-electron chi connectivity index (χ1n) is 25.1. The molecule has 21 N–H and O–H groups in total. The Kier molecular flexibility index (Phi) is 26.6. The molecule has 0 aliphatic carbocycles. The van der Waals surface area contributed by atoms with Crippen LogP contribution in [0.2, 0.25) is 0 Å². The highest BCUT2D eigenvalue weighted by atomic mass is 32.1. The van der Waals surface area contributed by atoms with Crippen LogP contribution < -0.4 is 81.4 Å². The van der Waals surface area contributed by atoms with Gasteiger partial charge in [-0.25, -0.2) is 0 Å². The van der Waals surface area contributed by atoms with Crippen LogP contribution in [0.1, 0.15) is 71.8 Å². The van der Waals surface area contributed by atoms with Crippen molar-refractivity contribution in [1.82, 2.24) is 53.2 Å². The van der Waals surface area contributed by atoms with Gasteiger partial charge in [-0.15, -0.1) is 0 Å². The molecule has 26 nitrogen and oxygen atoms in total. The number of benzene rings is 2. The van der Waals surface area contributed by atoms with Gasteiger partial charge in [0.25, 0.3) is 5.91 Å². The van der Waals surface area contributed by atoms with Crippen molar-refractivity contribution in [2.24, 2.45) is 28.9 Å². The van der Waals surface area contributed by atoms with Crippen molar-refractivity contribution in [3.05, 3.63) is 66.2 Å². The van der Waals surface area contributed by atoms with Crippen LogP contribution >= 0.6 is 12.2 Å². The summed E-state index contributed by atoms with van der Waals surface area (Å²) in [5.74, 6) is -8.66. The molecule has 27 heteroatoms. The number of amides is 9. The summed E-state index contributed by atoms with van der Waals surface area (Å²) in [6.07, 6.45) is -2.55. The van der Waals surface area contributed by atoms with E-state index < -0.39 is 126 Å². The molecule has 0 unspecified atom stereocenters. The number of carbonyl (C=O) groups is 9. The molecule has 1 fully saturated rings. The fourth-order valence-corrected chi connectivity index (χ4v) is 8.03. The fraction of sp³-hybridized carbons (Fsp3) is 0.551. The Morgan fingerprint density at radius 1 is 0.671 bits per heavy atom. The zero-order valence-electron chi connectivity index (χ0n) is 43.3. The average Bonchev–Trinajstić information content (AvgIpc) is 3.36. The standard InChI is InChI=1S/C49H77N15O11S/c1-27(2)25-36-43(70)57-31(15-20-50)39(66)58-34(18-23-53)45(72)64-49(4,75)47(74)54-24-19-35(42(69)56-32(16-21-51)41(68)62-37(44(71)61-36)26-29-11-7-5-8-12-29)59-40(67)33(17-22-52)60-46(73)38(28(3)65)63-48(76)55-30-13-9-6-10-14-30/h5-14,27-28,31-38,65,75H,15-26,50-53H2,1-4H3,(H,54,74)(H,56,69)(H,57,70)(H,58,66)(H,59,67)(H,60,73)(H,61,71)(H,62,68)(H,64,72)(H2,55,63,76)/t28-,31+,32+,33+,34+,35+,36+,37-,38+,49+/m1/s1. The van der Waals surface area contributed by atoms with Gasteiger partial charge in [0.15, 0.2) is 5.11 Å². The third-order valence-electron chi connectivity index (χ3n) is 11.9. The van der Waals surface area contributed by atoms with Crippen LogP contribution in [0.15, 0.2) is 60.7 Å². The number of para-hydroxylation sites is 1. The summed E-state index contributed by atoms with van der Waals surface area (Å²) >= 11 is 5.36. The number of thiocarbonyl (C=S) groups is 1. The van der Waals surface area contributed by atoms with E-state index in [0.717, 1.165) is 6.92 Å². The van der Waals surface area contributed by atoms with E-state index in [1.807, 2.05) is 0 Å². The lowest BCUT2D eigenvalue weighted by Gasteiger charge is -2.29. The zero-order valence-corrected chi connectivity index (χ0v) is 44.1. The van der Waals surface area contributed by atoms with Crippen molar-refractivity contribution in [3.63, 3.8) is 0 Å². The van der Waals surface area contributed by atoms with E-state index in [9.17, 15) is 53.4 Å². The van der Waals surface area contributed by atoms with Crippen LogP contribution in [0.25, 0.3) is 0 Å². The number of rotatable bonds is 19. The quantitative estimate of drug-likeness (QED) is 0.0587. The van der Waals surface area contributed by atoms with Gasteiger partial charge < -0.3 is 91.6 Å². The molecule has 10 atom stereocenters. The van der Waals surface area contributed by atoms with Gasteiger partial charge in [-0.05, 0) is 114 Å². The van der Waals surface area contributed by atoms with E-state index in [2.05, 4.69) is 58.5 Å². The van der Waals surface area contributed by atoms with E-state index in [1.54, 1.807) is 74.5 Å². The van der Waals surface area contributed by atoms with Crippen LogP contribution in [0.3, 0.4) is 0 Å². The normalized spacial score (nSPS) is 23.9. The molecule has 1 aliphatic rings. The molecule has 1 heterocycles. The van der Waals surface area contributed by atoms with E-state index in [0.29, 0.717) is 11.3 Å². The van der Waals surface area contributed by atoms with Gasteiger partial charge in [-0.2, -0.15) is 0 Å². The third-order valence-corrected chi connectivity index (χ3v) is 12.1. The van der Waals surface area contributed by atoms with Crippen LogP contribution in [0, 0.1) is 5.92 Å². The summed E-state index contributed by atoms with van der Waals surface area (Å²) in [7, 11) is 0. The van der Waals surface area contributed by atoms with Crippen molar-refractivity contribution in [3.8, 4) is 0 Å². The second kappa shape index (κ2) is 31.9. The highest BCUT2D eigenvalue weighted by Gasteiger charge is 2.38. The minimum atomic E-state index is -2.66. The van der Waals surface area contributed by atoms with Gasteiger partial charge in [0.2, 0.25) is 53.0 Å². The predicted octanol–water partition coefficient (Wildman–Crippen LogP) is -4.86. The molecule has 3 rings (SSSR count). The third kappa shape index (κ3) is 21.0. The number of carbonyl (C=O) groups excluding carboxylic acids is 9. The molecule has 2 aromatic rings. The molecule has 1 saturated heterocycles. The number of aliphatic hydroxyl groups is 2. The molecule has 0 aromatic heterocycles. The minimum absolute atomic E-state index is 0.0292. The maximum Gasteiger partial charge on any atom is 0.272 e. The molecular formula is C49H77N15O11S. The molecule has 2 aromatic carbocycles. The smallest absolute Gasteiger partial charge is 0.272 e. The first kappa shape index (κ1) is 63.4. The van der Waals surface area contributed by atoms with Crippen LogP contribution in [-0.4, -0.2) is 161 Å². The topological polar surface area (TPSA) is 430 Å². The largest absolute Gasteiger partial charge is 0.391 e. The van der Waals surface area contributed by atoms with Crippen molar-refractivity contribution in [1.29, 1.82) is 0 Å². The van der Waals surface area contributed by atoms with Crippen LogP contribution in [0.5, 0.6) is 0 Å². The van der Waals surface area contributed by atoms with E-state index in [4.69, 9.17) is 35.2 Å². The molecular weight excluding hydrogens is 1010 g/mol. The number of nitrogens with two attached hydrogens (primary N) is 4. The molecule has 0 saturated carbocycles. The van der Waals surface area contributed by atoms with Crippen molar-refractivity contribution >= 4 is 76.2 Å². The molecule has 0 spiro atoms. The Morgan fingerprint density at radius 2 is 1.16 bits per heavy atom. The highest BCUT2D eigenvalue weighted by molar-refractivity contribution is 7.80. The number of aliphatic hydroxyl groups excluding tert-OH is 1. The Hall–Kier alpha value is -6.88. The van der Waals surface area contributed by atoms with Crippen molar-refractivity contribution < 1.29 is 53.4 Å². The van der Waals surface area contributed by atoms with E-state index in [1.165, 1.54) is 6.92 Å². The lowest BCUT2D eigenvalue weighted by Crippen LogP contribution is -2.62. The van der Waals surface area contributed by atoms with E-state index >= 15 is 0 Å². The zero-order chi connectivity index (χ0) is 56.5. The molecule has 0 radical (unpaired) electrons. The number of anilines is 1. The maximum atomic E-state index is 14.4. The van der Waals surface area contributed by atoms with Gasteiger partial charge in [0.05, 0.1) is 6.10 Å². The first-order chi connectivity index (χ1) is 36.0. The van der Waals surface area contributed by atoms with Crippen molar-refractivity contribution in [2.75, 3.05) is 38.0 Å². The maximum absolute atomic E-state index is 14.4. The lowest BCUT2D eigenvalue weighted by molar-refractivity contribution is -0.148. The van der Waals surface area contributed by atoms with Gasteiger partial charge in [0, 0.05) is 18.7 Å².